The summed E-state index contributed by atoms with van der Waals surface area (Å²) in [4.78, 5) is 15.8. The highest BCUT2D eigenvalue weighted by Crippen LogP contribution is 2.22. The van der Waals surface area contributed by atoms with E-state index in [0.29, 0.717) is 22.2 Å². The molecule has 3 N–H and O–H groups in total. The van der Waals surface area contributed by atoms with Crippen LogP contribution in [0.4, 0.5) is 0 Å². The molecule has 6 nitrogen and oxygen atoms in total. The normalized spacial score (nSPS) is 12.2. The summed E-state index contributed by atoms with van der Waals surface area (Å²) in [5, 5.41) is 19.3. The molecule has 0 radical (unpaired) electrons. The Hall–Kier alpha value is -1.92. The zero-order valence-electron chi connectivity index (χ0n) is 10.2. The van der Waals surface area contributed by atoms with E-state index in [1.807, 2.05) is 0 Å². The number of aliphatic hydroxyl groups is 1. The van der Waals surface area contributed by atoms with E-state index in [1.54, 1.807) is 31.2 Å². The van der Waals surface area contributed by atoms with Crippen molar-refractivity contribution in [3.63, 3.8) is 0 Å². The summed E-state index contributed by atoms with van der Waals surface area (Å²) in [6.07, 6.45) is -1.31. The van der Waals surface area contributed by atoms with Crippen molar-refractivity contribution in [1.82, 2.24) is 20.5 Å². The Morgan fingerprint density at radius 3 is 2.89 bits per heavy atom. The lowest BCUT2D eigenvalue weighted by Crippen LogP contribution is -2.29. The number of aromatic nitrogens is 3. The predicted molar refractivity (Wildman–Crippen MR) is 69.4 cm³/mol. The summed E-state index contributed by atoms with van der Waals surface area (Å²) in [5.41, 5.74) is 0.368. The van der Waals surface area contributed by atoms with Crippen molar-refractivity contribution in [3.8, 4) is 0 Å². The van der Waals surface area contributed by atoms with Crippen molar-refractivity contribution >= 4 is 17.5 Å². The van der Waals surface area contributed by atoms with E-state index in [2.05, 4.69) is 20.5 Å². The third-order valence-electron chi connectivity index (χ3n) is 2.51. The first-order valence-electron chi connectivity index (χ1n) is 5.66. The number of carbonyl (C=O) groups excluding carboxylic acids is 1. The lowest BCUT2D eigenvalue weighted by Gasteiger charge is -2.12. The number of rotatable bonds is 4. The average molecular weight is 281 g/mol. The summed E-state index contributed by atoms with van der Waals surface area (Å²) in [6.45, 7) is 1.90. The topological polar surface area (TPSA) is 90.9 Å². The van der Waals surface area contributed by atoms with Gasteiger partial charge in [0.1, 0.15) is 5.82 Å². The predicted octanol–water partition coefficient (Wildman–Crippen LogP) is 1.12. The number of aromatic amines is 1. The van der Waals surface area contributed by atoms with Crippen LogP contribution in [0.1, 0.15) is 23.3 Å². The molecule has 19 heavy (non-hydrogen) atoms. The average Bonchev–Trinajstić information content (AvgIpc) is 2.81. The van der Waals surface area contributed by atoms with E-state index in [4.69, 9.17) is 11.6 Å². The van der Waals surface area contributed by atoms with Gasteiger partial charge in [-0.1, -0.05) is 29.8 Å². The zero-order valence-corrected chi connectivity index (χ0v) is 11.0. The zero-order chi connectivity index (χ0) is 13.8. The molecule has 1 heterocycles. The number of nitrogens with zero attached hydrogens (tertiary/aromatic N) is 2. The Morgan fingerprint density at radius 1 is 1.53 bits per heavy atom. The van der Waals surface area contributed by atoms with Crippen LogP contribution in [0.3, 0.4) is 0 Å². The maximum absolute atomic E-state index is 11.8. The van der Waals surface area contributed by atoms with E-state index in [-0.39, 0.29) is 6.54 Å². The number of hydrogen-bond donors (Lipinski definition) is 3. The van der Waals surface area contributed by atoms with Gasteiger partial charge < -0.3 is 10.4 Å². The SMILES string of the molecule is Cc1nc(CNC(=O)C(O)c2ccccc2Cl)n[nH]1. The first kappa shape index (κ1) is 13.5. The van der Waals surface area contributed by atoms with Crippen LogP contribution < -0.4 is 5.32 Å². The Labute approximate surface area is 114 Å². The van der Waals surface area contributed by atoms with Gasteiger partial charge in [-0.25, -0.2) is 4.98 Å². The number of carbonyl (C=O) groups is 1. The second-order valence-corrected chi connectivity index (χ2v) is 4.39. The molecule has 1 atom stereocenters. The molecule has 0 aliphatic rings. The fourth-order valence-electron chi connectivity index (χ4n) is 1.57. The smallest absolute Gasteiger partial charge is 0.253 e. The molecule has 7 heteroatoms. The van der Waals surface area contributed by atoms with Crippen LogP contribution in [-0.2, 0) is 11.3 Å². The maximum atomic E-state index is 11.8. The molecule has 0 spiro atoms. The monoisotopic (exact) mass is 280 g/mol. The Kier molecular flexibility index (Phi) is 4.13. The van der Waals surface area contributed by atoms with Crippen molar-refractivity contribution in [3.05, 3.63) is 46.5 Å². The minimum absolute atomic E-state index is 0.144. The highest BCUT2D eigenvalue weighted by atomic mass is 35.5. The van der Waals surface area contributed by atoms with Gasteiger partial charge in [-0.2, -0.15) is 5.10 Å². The highest BCUT2D eigenvalue weighted by molar-refractivity contribution is 6.31. The number of hydrogen-bond acceptors (Lipinski definition) is 4. The van der Waals surface area contributed by atoms with Crippen molar-refractivity contribution in [2.75, 3.05) is 0 Å². The standard InChI is InChI=1S/C12H13ClN4O2/c1-7-15-10(17-16-7)6-14-12(19)11(18)8-4-2-3-5-9(8)13/h2-5,11,18H,6H2,1H3,(H,14,19)(H,15,16,17). The van der Waals surface area contributed by atoms with Gasteiger partial charge in [0.2, 0.25) is 0 Å². The molecule has 0 aliphatic heterocycles. The molecule has 0 saturated heterocycles. The van der Waals surface area contributed by atoms with Crippen LogP contribution in [0.2, 0.25) is 5.02 Å². The Morgan fingerprint density at radius 2 is 2.26 bits per heavy atom. The van der Waals surface area contributed by atoms with Crippen LogP contribution >= 0.6 is 11.6 Å². The maximum Gasteiger partial charge on any atom is 0.253 e. The molecule has 0 fully saturated rings. The summed E-state index contributed by atoms with van der Waals surface area (Å²) in [6, 6.07) is 6.65. The third-order valence-corrected chi connectivity index (χ3v) is 2.86. The largest absolute Gasteiger partial charge is 0.378 e. The Balaban J connectivity index is 1.98. The molecular weight excluding hydrogens is 268 g/mol. The fourth-order valence-corrected chi connectivity index (χ4v) is 1.81. The number of amides is 1. The number of benzene rings is 1. The fraction of sp³-hybridized carbons (Fsp3) is 0.250. The van der Waals surface area contributed by atoms with E-state index in [0.717, 1.165) is 0 Å². The summed E-state index contributed by atoms with van der Waals surface area (Å²) in [5.74, 6) is 0.573. The van der Waals surface area contributed by atoms with E-state index >= 15 is 0 Å². The van der Waals surface area contributed by atoms with Crippen LogP contribution in [0.15, 0.2) is 24.3 Å². The van der Waals surface area contributed by atoms with Crippen molar-refractivity contribution in [2.24, 2.45) is 0 Å². The molecular formula is C12H13ClN4O2. The van der Waals surface area contributed by atoms with Crippen LogP contribution in [0.25, 0.3) is 0 Å². The van der Waals surface area contributed by atoms with E-state index < -0.39 is 12.0 Å². The second-order valence-electron chi connectivity index (χ2n) is 3.98. The first-order valence-corrected chi connectivity index (χ1v) is 6.04. The lowest BCUT2D eigenvalue weighted by molar-refractivity contribution is -0.129. The minimum atomic E-state index is -1.31. The molecule has 0 saturated carbocycles. The molecule has 1 amide bonds. The molecule has 1 aromatic carbocycles. The van der Waals surface area contributed by atoms with E-state index in [9.17, 15) is 9.90 Å². The highest BCUT2D eigenvalue weighted by Gasteiger charge is 2.19. The van der Waals surface area contributed by atoms with Gasteiger partial charge in [0.15, 0.2) is 11.9 Å². The van der Waals surface area contributed by atoms with Gasteiger partial charge in [0.25, 0.3) is 5.91 Å². The molecule has 2 rings (SSSR count). The first-order chi connectivity index (χ1) is 9.08. The van der Waals surface area contributed by atoms with Gasteiger partial charge in [0, 0.05) is 10.6 Å². The summed E-state index contributed by atoms with van der Waals surface area (Å²) >= 11 is 5.91. The quantitative estimate of drug-likeness (QED) is 0.783. The second kappa shape index (κ2) is 5.81. The van der Waals surface area contributed by atoms with Crippen molar-refractivity contribution in [1.29, 1.82) is 0 Å². The molecule has 100 valence electrons. The van der Waals surface area contributed by atoms with Crippen LogP contribution in [-0.4, -0.2) is 26.2 Å². The van der Waals surface area contributed by atoms with Crippen molar-refractivity contribution in [2.45, 2.75) is 19.6 Å². The van der Waals surface area contributed by atoms with E-state index in [1.165, 1.54) is 0 Å². The van der Waals surface area contributed by atoms with Gasteiger partial charge in [-0.15, -0.1) is 0 Å². The van der Waals surface area contributed by atoms with Gasteiger partial charge in [-0.3, -0.25) is 9.89 Å². The lowest BCUT2D eigenvalue weighted by atomic mass is 10.1. The summed E-state index contributed by atoms with van der Waals surface area (Å²) < 4.78 is 0. The number of nitrogens with one attached hydrogen (secondary N) is 2. The molecule has 2 aromatic rings. The van der Waals surface area contributed by atoms with Gasteiger partial charge >= 0.3 is 0 Å². The van der Waals surface area contributed by atoms with Crippen molar-refractivity contribution < 1.29 is 9.90 Å². The summed E-state index contributed by atoms with van der Waals surface area (Å²) in [7, 11) is 0. The molecule has 0 bridgehead atoms. The van der Waals surface area contributed by atoms with Crippen LogP contribution in [0.5, 0.6) is 0 Å². The number of aliphatic hydroxyl groups excluding tert-OH is 1. The molecule has 1 unspecified atom stereocenters. The molecule has 0 aliphatic carbocycles. The third kappa shape index (κ3) is 3.30. The minimum Gasteiger partial charge on any atom is -0.378 e. The van der Waals surface area contributed by atoms with Crippen LogP contribution in [0, 0.1) is 6.92 Å². The van der Waals surface area contributed by atoms with Gasteiger partial charge in [0.05, 0.1) is 6.54 Å². The number of halogens is 1. The Bertz CT molecular complexity index is 585. The number of H-pyrrole nitrogens is 1. The van der Waals surface area contributed by atoms with Gasteiger partial charge in [-0.05, 0) is 13.0 Å². The molecule has 1 aromatic heterocycles. The number of aryl methyl sites for hydroxylation is 1.